The summed E-state index contributed by atoms with van der Waals surface area (Å²) < 4.78 is 0. The SMILES string of the molecule is CC(=O)N1CCc2ccccc2C12CCN(CCC(=O)N(C)c1ccccc1)CC2. The second-order valence-electron chi connectivity index (χ2n) is 8.49. The molecule has 2 heterocycles. The van der Waals surface area contributed by atoms with Crippen molar-refractivity contribution >= 4 is 17.5 Å². The van der Waals surface area contributed by atoms with Gasteiger partial charge in [-0.25, -0.2) is 0 Å². The summed E-state index contributed by atoms with van der Waals surface area (Å²) in [4.78, 5) is 31.3. The van der Waals surface area contributed by atoms with Crippen LogP contribution in [0.1, 0.15) is 37.3 Å². The smallest absolute Gasteiger partial charge is 0.228 e. The zero-order valence-corrected chi connectivity index (χ0v) is 18.0. The zero-order chi connectivity index (χ0) is 21.1. The molecule has 30 heavy (non-hydrogen) atoms. The van der Waals surface area contributed by atoms with E-state index in [0.29, 0.717) is 6.42 Å². The lowest BCUT2D eigenvalue weighted by atomic mass is 9.74. The predicted molar refractivity (Wildman–Crippen MR) is 119 cm³/mol. The monoisotopic (exact) mass is 405 g/mol. The third-order valence-electron chi connectivity index (χ3n) is 6.86. The highest BCUT2D eigenvalue weighted by Gasteiger charge is 2.45. The Kier molecular flexibility index (Phi) is 5.91. The number of hydrogen-bond acceptors (Lipinski definition) is 3. The fourth-order valence-corrected chi connectivity index (χ4v) is 5.15. The first-order chi connectivity index (χ1) is 14.5. The van der Waals surface area contributed by atoms with Crippen LogP contribution in [0.5, 0.6) is 0 Å². The Hall–Kier alpha value is -2.66. The van der Waals surface area contributed by atoms with Gasteiger partial charge in [-0.2, -0.15) is 0 Å². The lowest BCUT2D eigenvalue weighted by Gasteiger charge is -2.52. The van der Waals surface area contributed by atoms with E-state index < -0.39 is 0 Å². The number of benzene rings is 2. The van der Waals surface area contributed by atoms with Crippen LogP contribution in [0.25, 0.3) is 0 Å². The van der Waals surface area contributed by atoms with E-state index in [9.17, 15) is 9.59 Å². The molecule has 2 aromatic rings. The van der Waals surface area contributed by atoms with Gasteiger partial charge >= 0.3 is 0 Å². The van der Waals surface area contributed by atoms with Gasteiger partial charge in [0.05, 0.1) is 5.54 Å². The molecule has 0 N–H and O–H groups in total. The Morgan fingerprint density at radius 2 is 1.63 bits per heavy atom. The van der Waals surface area contributed by atoms with Gasteiger partial charge in [-0.05, 0) is 42.5 Å². The molecule has 0 unspecified atom stereocenters. The summed E-state index contributed by atoms with van der Waals surface area (Å²) in [7, 11) is 1.84. The number of nitrogens with zero attached hydrogens (tertiary/aromatic N) is 3. The number of anilines is 1. The standard InChI is InChI=1S/C25H31N3O2/c1-20(29)28-17-12-21-8-6-7-11-23(21)25(28)14-18-27(19-15-25)16-13-24(30)26(2)22-9-4-3-5-10-22/h3-11H,12-19H2,1-2H3. The van der Waals surface area contributed by atoms with Gasteiger partial charge in [-0.1, -0.05) is 42.5 Å². The molecule has 158 valence electrons. The largest absolute Gasteiger partial charge is 0.333 e. The lowest BCUT2D eigenvalue weighted by molar-refractivity contribution is -0.139. The fraction of sp³-hybridized carbons (Fsp3) is 0.440. The summed E-state index contributed by atoms with van der Waals surface area (Å²) in [6, 6.07) is 18.4. The minimum Gasteiger partial charge on any atom is -0.333 e. The number of carbonyl (C=O) groups is 2. The summed E-state index contributed by atoms with van der Waals surface area (Å²) in [5.74, 6) is 0.299. The van der Waals surface area contributed by atoms with E-state index in [0.717, 1.165) is 51.1 Å². The van der Waals surface area contributed by atoms with Crippen LogP contribution in [0.15, 0.2) is 54.6 Å². The summed E-state index contributed by atoms with van der Waals surface area (Å²) in [5.41, 5.74) is 3.44. The second kappa shape index (κ2) is 8.60. The molecule has 0 atom stereocenters. The summed E-state index contributed by atoms with van der Waals surface area (Å²) in [5, 5.41) is 0. The van der Waals surface area contributed by atoms with Crippen LogP contribution in [-0.2, 0) is 21.5 Å². The van der Waals surface area contributed by atoms with Crippen LogP contribution in [-0.4, -0.2) is 54.8 Å². The number of hydrogen-bond donors (Lipinski definition) is 0. The zero-order valence-electron chi connectivity index (χ0n) is 18.0. The fourth-order valence-electron chi connectivity index (χ4n) is 5.15. The Labute approximate surface area is 179 Å². The van der Waals surface area contributed by atoms with Crippen LogP contribution in [0.4, 0.5) is 5.69 Å². The third kappa shape index (κ3) is 3.86. The molecule has 1 fully saturated rings. The highest BCUT2D eigenvalue weighted by atomic mass is 16.2. The lowest BCUT2D eigenvalue weighted by Crippen LogP contribution is -2.57. The molecule has 2 aromatic carbocycles. The van der Waals surface area contributed by atoms with Crippen molar-refractivity contribution in [1.29, 1.82) is 0 Å². The maximum Gasteiger partial charge on any atom is 0.228 e. The van der Waals surface area contributed by atoms with Gasteiger partial charge in [0.2, 0.25) is 11.8 Å². The normalized spacial score (nSPS) is 18.1. The first-order valence-electron chi connectivity index (χ1n) is 10.9. The van der Waals surface area contributed by atoms with Crippen molar-refractivity contribution in [3.8, 4) is 0 Å². The summed E-state index contributed by atoms with van der Waals surface area (Å²) >= 11 is 0. The molecule has 0 saturated carbocycles. The van der Waals surface area contributed by atoms with E-state index in [1.54, 1.807) is 11.8 Å². The van der Waals surface area contributed by atoms with Crippen molar-refractivity contribution in [2.75, 3.05) is 38.1 Å². The van der Waals surface area contributed by atoms with Crippen LogP contribution in [0.3, 0.4) is 0 Å². The van der Waals surface area contributed by atoms with Gasteiger partial charge in [-0.3, -0.25) is 9.59 Å². The average molecular weight is 406 g/mol. The highest BCUT2D eigenvalue weighted by molar-refractivity contribution is 5.92. The van der Waals surface area contributed by atoms with Crippen molar-refractivity contribution in [2.45, 2.75) is 38.1 Å². The van der Waals surface area contributed by atoms with Crippen LogP contribution >= 0.6 is 0 Å². The molecule has 0 bridgehead atoms. The van der Waals surface area contributed by atoms with Gasteiger partial charge in [-0.15, -0.1) is 0 Å². The number of amides is 2. The molecule has 0 radical (unpaired) electrons. The number of rotatable bonds is 4. The number of carbonyl (C=O) groups excluding carboxylic acids is 2. The molecule has 0 aromatic heterocycles. The Morgan fingerprint density at radius 3 is 2.33 bits per heavy atom. The van der Waals surface area contributed by atoms with Crippen LogP contribution in [0, 0.1) is 0 Å². The van der Waals surface area contributed by atoms with Gasteiger partial charge in [0.1, 0.15) is 0 Å². The second-order valence-corrected chi connectivity index (χ2v) is 8.49. The first kappa shape index (κ1) is 20.6. The molecule has 2 amide bonds. The molecule has 1 saturated heterocycles. The van der Waals surface area contributed by atoms with Crippen molar-refractivity contribution in [2.24, 2.45) is 0 Å². The predicted octanol–water partition coefficient (Wildman–Crippen LogP) is 3.44. The minimum atomic E-state index is -0.192. The minimum absolute atomic E-state index is 0.134. The van der Waals surface area contributed by atoms with Crippen molar-refractivity contribution < 1.29 is 9.59 Å². The van der Waals surface area contributed by atoms with E-state index in [1.807, 2.05) is 37.4 Å². The maximum absolute atomic E-state index is 12.6. The third-order valence-corrected chi connectivity index (χ3v) is 6.86. The quantitative estimate of drug-likeness (QED) is 0.783. The number of fused-ring (bicyclic) bond motifs is 2. The average Bonchev–Trinajstić information content (AvgIpc) is 2.78. The van der Waals surface area contributed by atoms with E-state index in [1.165, 1.54) is 11.1 Å². The van der Waals surface area contributed by atoms with Crippen LogP contribution < -0.4 is 4.90 Å². The molecular formula is C25H31N3O2. The van der Waals surface area contributed by atoms with E-state index in [-0.39, 0.29) is 17.4 Å². The Morgan fingerprint density at radius 1 is 0.967 bits per heavy atom. The van der Waals surface area contributed by atoms with Gasteiger partial charge < -0.3 is 14.7 Å². The molecule has 5 heteroatoms. The summed E-state index contributed by atoms with van der Waals surface area (Å²) in [6.45, 7) is 5.06. The molecule has 1 spiro atoms. The molecule has 2 aliphatic rings. The van der Waals surface area contributed by atoms with Crippen molar-refractivity contribution in [3.63, 3.8) is 0 Å². The molecular weight excluding hydrogens is 374 g/mol. The first-order valence-corrected chi connectivity index (χ1v) is 10.9. The molecule has 0 aliphatic carbocycles. The maximum atomic E-state index is 12.6. The molecule has 5 nitrogen and oxygen atoms in total. The van der Waals surface area contributed by atoms with Crippen molar-refractivity contribution in [1.82, 2.24) is 9.80 Å². The van der Waals surface area contributed by atoms with Gasteiger partial charge in [0, 0.05) is 52.3 Å². The van der Waals surface area contributed by atoms with Gasteiger partial charge in [0.25, 0.3) is 0 Å². The molecule has 4 rings (SSSR count). The van der Waals surface area contributed by atoms with E-state index in [4.69, 9.17) is 0 Å². The Bertz CT molecular complexity index is 904. The Balaban J connectivity index is 1.40. The number of para-hydroxylation sites is 1. The van der Waals surface area contributed by atoms with Crippen molar-refractivity contribution in [3.05, 3.63) is 65.7 Å². The van der Waals surface area contributed by atoms with Crippen LogP contribution in [0.2, 0.25) is 0 Å². The highest BCUT2D eigenvalue weighted by Crippen LogP contribution is 2.43. The topological polar surface area (TPSA) is 43.9 Å². The summed E-state index contributed by atoms with van der Waals surface area (Å²) in [6.07, 6.45) is 3.28. The molecule has 2 aliphatic heterocycles. The van der Waals surface area contributed by atoms with E-state index >= 15 is 0 Å². The van der Waals surface area contributed by atoms with E-state index in [2.05, 4.69) is 34.1 Å². The van der Waals surface area contributed by atoms with Gasteiger partial charge in [0.15, 0.2) is 0 Å². The number of likely N-dealkylation sites (tertiary alicyclic amines) is 1. The number of piperidine rings is 1.